The van der Waals surface area contributed by atoms with E-state index in [0.717, 1.165) is 18.4 Å². The molecule has 8 heteroatoms. The highest BCUT2D eigenvalue weighted by molar-refractivity contribution is 5.98. The van der Waals surface area contributed by atoms with Crippen LogP contribution in [0.5, 0.6) is 0 Å². The highest BCUT2D eigenvalue weighted by Crippen LogP contribution is 2.27. The van der Waals surface area contributed by atoms with Crippen LogP contribution in [0.4, 0.5) is 0 Å². The molecule has 3 rings (SSSR count). The van der Waals surface area contributed by atoms with E-state index in [1.54, 1.807) is 31.3 Å². The van der Waals surface area contributed by atoms with Crippen LogP contribution in [0.15, 0.2) is 60.7 Å². The summed E-state index contributed by atoms with van der Waals surface area (Å²) in [5.41, 5.74) is 7.05. The number of nitrogens with zero attached hydrogens (tertiary/aromatic N) is 1. The molecule has 35 heavy (non-hydrogen) atoms. The molecule has 1 fully saturated rings. The first-order valence-corrected chi connectivity index (χ1v) is 12.1. The van der Waals surface area contributed by atoms with Gasteiger partial charge >= 0.3 is 0 Å². The number of benzene rings is 2. The van der Waals surface area contributed by atoms with Crippen molar-refractivity contribution in [2.45, 2.75) is 50.6 Å². The first-order chi connectivity index (χ1) is 16.9. The summed E-state index contributed by atoms with van der Waals surface area (Å²) in [4.78, 5) is 51.9. The lowest BCUT2D eigenvalue weighted by Crippen LogP contribution is -2.52. The van der Waals surface area contributed by atoms with Crippen molar-refractivity contribution in [2.75, 3.05) is 13.6 Å². The molecule has 0 saturated heterocycles. The van der Waals surface area contributed by atoms with E-state index in [1.807, 2.05) is 36.4 Å². The topological polar surface area (TPSA) is 122 Å². The van der Waals surface area contributed by atoms with Crippen LogP contribution in [0.25, 0.3) is 0 Å². The monoisotopic (exact) mass is 478 g/mol. The molecule has 0 aliphatic heterocycles. The first kappa shape index (κ1) is 25.9. The third kappa shape index (κ3) is 7.40. The predicted octanol–water partition coefficient (Wildman–Crippen LogP) is 2.04. The minimum absolute atomic E-state index is 0.222. The van der Waals surface area contributed by atoms with Crippen LogP contribution >= 0.6 is 0 Å². The molecular formula is C27H34N4O4. The predicted molar refractivity (Wildman–Crippen MR) is 133 cm³/mol. The second-order valence-electron chi connectivity index (χ2n) is 9.00. The summed E-state index contributed by atoms with van der Waals surface area (Å²) in [6.45, 7) is -0.222. The number of likely N-dealkylation sites (N-methyl/N-ethyl adjacent to an activating group) is 1. The molecule has 1 aliphatic rings. The molecule has 2 aromatic carbocycles. The van der Waals surface area contributed by atoms with Gasteiger partial charge in [-0.15, -0.1) is 0 Å². The number of nitrogens with one attached hydrogen (secondary N) is 2. The van der Waals surface area contributed by atoms with Gasteiger partial charge in [0.15, 0.2) is 0 Å². The summed E-state index contributed by atoms with van der Waals surface area (Å²) in [6.07, 6.45) is 4.17. The van der Waals surface area contributed by atoms with Gasteiger partial charge in [0.25, 0.3) is 5.91 Å². The molecule has 2 aromatic rings. The maximum Gasteiger partial charge on any atom is 0.251 e. The van der Waals surface area contributed by atoms with Crippen molar-refractivity contribution in [3.8, 4) is 0 Å². The van der Waals surface area contributed by atoms with Crippen molar-refractivity contribution in [1.82, 2.24) is 15.5 Å². The van der Waals surface area contributed by atoms with Crippen LogP contribution < -0.4 is 16.4 Å². The summed E-state index contributed by atoms with van der Waals surface area (Å²) >= 11 is 0. The minimum Gasteiger partial charge on any atom is -0.369 e. The number of carbonyl (C=O) groups excluding carboxylic acids is 4. The number of amides is 4. The molecule has 0 unspecified atom stereocenters. The Bertz CT molecular complexity index is 1010. The third-order valence-electron chi connectivity index (χ3n) is 6.62. The fraction of sp³-hybridized carbons (Fsp3) is 0.407. The Morgan fingerprint density at radius 2 is 1.60 bits per heavy atom. The maximum absolute atomic E-state index is 13.0. The summed E-state index contributed by atoms with van der Waals surface area (Å²) < 4.78 is 0. The van der Waals surface area contributed by atoms with E-state index in [9.17, 15) is 19.2 Å². The van der Waals surface area contributed by atoms with Crippen LogP contribution in [0.1, 0.15) is 48.0 Å². The normalized spacial score (nSPS) is 18.2. The molecule has 0 radical (unpaired) electrons. The third-order valence-corrected chi connectivity index (χ3v) is 6.62. The van der Waals surface area contributed by atoms with Crippen molar-refractivity contribution >= 4 is 23.6 Å². The number of carbonyl (C=O) groups is 4. The van der Waals surface area contributed by atoms with Gasteiger partial charge in [-0.05, 0) is 43.4 Å². The molecule has 1 saturated carbocycles. The molecule has 0 bridgehead atoms. The fourth-order valence-electron chi connectivity index (χ4n) is 4.56. The summed E-state index contributed by atoms with van der Waals surface area (Å²) in [7, 11) is 1.64. The zero-order chi connectivity index (χ0) is 25.2. The summed E-state index contributed by atoms with van der Waals surface area (Å²) in [5, 5.41) is 5.48. The van der Waals surface area contributed by atoms with E-state index in [4.69, 9.17) is 5.73 Å². The highest BCUT2D eigenvalue weighted by atomic mass is 16.2. The lowest BCUT2D eigenvalue weighted by molar-refractivity contribution is -0.137. The van der Waals surface area contributed by atoms with Crippen LogP contribution in [0, 0.1) is 5.92 Å². The van der Waals surface area contributed by atoms with Crippen molar-refractivity contribution in [3.05, 3.63) is 71.8 Å². The van der Waals surface area contributed by atoms with Gasteiger partial charge in [-0.2, -0.15) is 0 Å². The average Bonchev–Trinajstić information content (AvgIpc) is 2.89. The molecule has 186 valence electrons. The van der Waals surface area contributed by atoms with Gasteiger partial charge in [0, 0.05) is 18.7 Å². The Morgan fingerprint density at radius 3 is 2.26 bits per heavy atom. The zero-order valence-corrected chi connectivity index (χ0v) is 20.1. The van der Waals surface area contributed by atoms with E-state index in [1.165, 1.54) is 4.90 Å². The van der Waals surface area contributed by atoms with Crippen LogP contribution in [-0.2, 0) is 20.8 Å². The quantitative estimate of drug-likeness (QED) is 0.484. The van der Waals surface area contributed by atoms with Gasteiger partial charge in [0.1, 0.15) is 6.04 Å². The fourth-order valence-corrected chi connectivity index (χ4v) is 4.56. The molecule has 8 nitrogen and oxygen atoms in total. The van der Waals surface area contributed by atoms with E-state index < -0.39 is 17.9 Å². The first-order valence-electron chi connectivity index (χ1n) is 12.1. The largest absolute Gasteiger partial charge is 0.369 e. The molecule has 3 atom stereocenters. The number of nitrogens with two attached hydrogens (primary N) is 1. The second kappa shape index (κ2) is 12.7. The van der Waals surface area contributed by atoms with E-state index in [2.05, 4.69) is 10.6 Å². The number of hydrogen-bond acceptors (Lipinski definition) is 4. The SMILES string of the molecule is CN(C(=O)CNC(=O)[C@H](CCc1ccccc1)NC(=O)c1ccccc1)[C@@H]1CCCC[C@H]1C(N)=O. The molecule has 0 heterocycles. The number of hydrogen-bond donors (Lipinski definition) is 3. The van der Waals surface area contributed by atoms with E-state index >= 15 is 0 Å². The van der Waals surface area contributed by atoms with Gasteiger partial charge < -0.3 is 21.3 Å². The Kier molecular flexibility index (Phi) is 9.40. The Labute approximate surface area is 206 Å². The summed E-state index contributed by atoms with van der Waals surface area (Å²) in [5.74, 6) is -1.86. The summed E-state index contributed by atoms with van der Waals surface area (Å²) in [6, 6.07) is 17.3. The minimum atomic E-state index is -0.811. The standard InChI is InChI=1S/C27H34N4O4/c1-31(23-15-9-8-14-21(23)25(28)33)24(32)18-29-27(35)22(17-16-19-10-4-2-5-11-19)30-26(34)20-12-6-3-7-13-20/h2-7,10-13,21-23H,8-9,14-18H2,1H3,(H2,28,33)(H,29,35)(H,30,34)/t21-,22+,23-/m1/s1. The van der Waals surface area contributed by atoms with Crippen LogP contribution in [0.2, 0.25) is 0 Å². The maximum atomic E-state index is 13.0. The van der Waals surface area contributed by atoms with Crippen molar-refractivity contribution < 1.29 is 19.2 Å². The van der Waals surface area contributed by atoms with Crippen molar-refractivity contribution in [1.29, 1.82) is 0 Å². The zero-order valence-electron chi connectivity index (χ0n) is 20.1. The smallest absolute Gasteiger partial charge is 0.251 e. The van der Waals surface area contributed by atoms with Gasteiger partial charge in [-0.3, -0.25) is 19.2 Å². The molecule has 4 N–H and O–H groups in total. The Hall–Kier alpha value is -3.68. The number of primary amides is 1. The lowest BCUT2D eigenvalue weighted by atomic mass is 9.83. The van der Waals surface area contributed by atoms with Crippen LogP contribution in [0.3, 0.4) is 0 Å². The average molecular weight is 479 g/mol. The van der Waals surface area contributed by atoms with Crippen LogP contribution in [-0.4, -0.2) is 54.2 Å². The molecule has 4 amide bonds. The molecule has 1 aliphatic carbocycles. The van der Waals surface area contributed by atoms with Gasteiger partial charge in [-0.1, -0.05) is 61.4 Å². The number of rotatable bonds is 10. The van der Waals surface area contributed by atoms with E-state index in [0.29, 0.717) is 31.2 Å². The van der Waals surface area contributed by atoms with Gasteiger partial charge in [0.2, 0.25) is 17.7 Å². The molecule has 0 spiro atoms. The Morgan fingerprint density at radius 1 is 0.971 bits per heavy atom. The van der Waals surface area contributed by atoms with Gasteiger partial charge in [-0.25, -0.2) is 0 Å². The van der Waals surface area contributed by atoms with Gasteiger partial charge in [0.05, 0.1) is 12.5 Å². The number of aryl methyl sites for hydroxylation is 1. The van der Waals surface area contributed by atoms with Crippen molar-refractivity contribution in [3.63, 3.8) is 0 Å². The second-order valence-corrected chi connectivity index (χ2v) is 9.00. The van der Waals surface area contributed by atoms with E-state index in [-0.39, 0.29) is 30.3 Å². The highest BCUT2D eigenvalue weighted by Gasteiger charge is 2.34. The molecule has 0 aromatic heterocycles. The lowest BCUT2D eigenvalue weighted by Gasteiger charge is -2.36. The Balaban J connectivity index is 1.62. The van der Waals surface area contributed by atoms with Crippen molar-refractivity contribution in [2.24, 2.45) is 11.7 Å². The molecular weight excluding hydrogens is 444 g/mol.